The van der Waals surface area contributed by atoms with E-state index in [1.165, 1.54) is 0 Å². The molecule has 0 atom stereocenters. The summed E-state index contributed by atoms with van der Waals surface area (Å²) in [5.41, 5.74) is 5.15. The highest BCUT2D eigenvalue weighted by Crippen LogP contribution is 2.46. The molecule has 5 aromatic carbocycles. The number of para-hydroxylation sites is 1. The van der Waals surface area contributed by atoms with E-state index in [9.17, 15) is 9.90 Å². The number of phenolic OH excluding ortho intramolecular Hbond substituents is 1. The summed E-state index contributed by atoms with van der Waals surface area (Å²) in [5, 5.41) is 14.1. The second-order valence-corrected chi connectivity index (χ2v) is 10.3. The third-order valence-corrected chi connectivity index (χ3v) is 7.75. The monoisotopic (exact) mass is 545 g/mol. The van der Waals surface area contributed by atoms with Crippen molar-refractivity contribution in [1.29, 1.82) is 0 Å². The fraction of sp³-hybridized carbons (Fsp3) is 0.139. The highest BCUT2D eigenvalue weighted by molar-refractivity contribution is 6.34. The minimum Gasteiger partial charge on any atom is -0.507 e. The molecule has 0 aliphatic rings. The van der Waals surface area contributed by atoms with Crippen molar-refractivity contribution in [1.82, 2.24) is 0 Å². The molecule has 0 spiro atoms. The number of carbonyl (C=O) groups is 1. The number of hydrogen-bond acceptors (Lipinski definition) is 2. The smallest absolute Gasteiger partial charge is 0.259 e. The van der Waals surface area contributed by atoms with Crippen molar-refractivity contribution in [2.45, 2.75) is 31.6 Å². The normalized spacial score (nSPS) is 11.2. The number of hydrogen-bond donors (Lipinski definition) is 2. The van der Waals surface area contributed by atoms with Gasteiger partial charge in [0.1, 0.15) is 5.75 Å². The number of nitrogens with one attached hydrogen (secondary N) is 1. The summed E-state index contributed by atoms with van der Waals surface area (Å²) in [4.78, 5) is 13.2. The molecule has 4 heteroatoms. The second-order valence-electron chi connectivity index (χ2n) is 9.91. The summed E-state index contributed by atoms with van der Waals surface area (Å²) in [6, 6.07) is 42.3. The number of carbonyl (C=O) groups excluding carboxylic acids is 1. The van der Waals surface area contributed by atoms with E-state index in [1.807, 2.05) is 78.9 Å². The molecule has 5 rings (SSSR count). The molecule has 0 radical (unpaired) electrons. The summed E-state index contributed by atoms with van der Waals surface area (Å²) in [6.07, 6.45) is 2.67. The van der Waals surface area contributed by atoms with Crippen LogP contribution in [0.25, 0.3) is 0 Å². The van der Waals surface area contributed by atoms with Crippen molar-refractivity contribution < 1.29 is 9.90 Å². The molecule has 200 valence electrons. The largest absolute Gasteiger partial charge is 0.507 e. The summed E-state index contributed by atoms with van der Waals surface area (Å²) in [5.74, 6) is -0.372. The van der Waals surface area contributed by atoms with Gasteiger partial charge >= 0.3 is 0 Å². The number of aromatic hydroxyl groups is 1. The van der Waals surface area contributed by atoms with Gasteiger partial charge in [-0.05, 0) is 58.9 Å². The number of halogens is 1. The van der Waals surface area contributed by atoms with Gasteiger partial charge in [-0.1, -0.05) is 134 Å². The predicted molar refractivity (Wildman–Crippen MR) is 164 cm³/mol. The van der Waals surface area contributed by atoms with Crippen LogP contribution in [-0.2, 0) is 11.8 Å². The Morgan fingerprint density at radius 1 is 0.725 bits per heavy atom. The molecule has 0 heterocycles. The van der Waals surface area contributed by atoms with Gasteiger partial charge < -0.3 is 10.4 Å². The number of phenols is 1. The first-order valence-corrected chi connectivity index (χ1v) is 14.0. The highest BCUT2D eigenvalue weighted by Gasteiger charge is 2.38. The minimum atomic E-state index is -0.637. The minimum absolute atomic E-state index is 0.0254. The second kappa shape index (κ2) is 12.2. The van der Waals surface area contributed by atoms with Gasteiger partial charge in [0.05, 0.1) is 21.7 Å². The van der Waals surface area contributed by atoms with E-state index in [-0.39, 0.29) is 11.3 Å². The van der Waals surface area contributed by atoms with E-state index >= 15 is 0 Å². The summed E-state index contributed by atoms with van der Waals surface area (Å²) in [6.45, 7) is 2.10. The van der Waals surface area contributed by atoms with Crippen molar-refractivity contribution in [2.75, 3.05) is 5.32 Å². The van der Waals surface area contributed by atoms with Crippen molar-refractivity contribution in [3.05, 3.63) is 166 Å². The zero-order valence-corrected chi connectivity index (χ0v) is 23.2. The van der Waals surface area contributed by atoms with Gasteiger partial charge in [-0.3, -0.25) is 4.79 Å². The quantitative estimate of drug-likeness (QED) is 0.181. The van der Waals surface area contributed by atoms with Gasteiger partial charge in [0.15, 0.2) is 0 Å². The lowest BCUT2D eigenvalue weighted by Gasteiger charge is -2.37. The zero-order chi connectivity index (χ0) is 28.0. The van der Waals surface area contributed by atoms with Crippen LogP contribution in [0.15, 0.2) is 127 Å². The van der Waals surface area contributed by atoms with Gasteiger partial charge in [0.2, 0.25) is 0 Å². The first kappa shape index (κ1) is 27.2. The van der Waals surface area contributed by atoms with Crippen molar-refractivity contribution in [3.8, 4) is 5.75 Å². The van der Waals surface area contributed by atoms with E-state index in [4.69, 9.17) is 11.6 Å². The Balaban J connectivity index is 1.59. The Morgan fingerprint density at radius 2 is 1.27 bits per heavy atom. The molecular formula is C36H32ClNO2. The molecule has 40 heavy (non-hydrogen) atoms. The summed E-state index contributed by atoms with van der Waals surface area (Å²) in [7, 11) is 0. The fourth-order valence-corrected chi connectivity index (χ4v) is 5.68. The maximum absolute atomic E-state index is 13.2. The number of rotatable bonds is 9. The van der Waals surface area contributed by atoms with E-state index < -0.39 is 11.3 Å². The number of aryl methyl sites for hydroxylation is 1. The van der Waals surface area contributed by atoms with Crippen molar-refractivity contribution in [3.63, 3.8) is 0 Å². The van der Waals surface area contributed by atoms with Crippen LogP contribution in [0.1, 0.15) is 57.9 Å². The third kappa shape index (κ3) is 5.25. The Bertz CT molecular complexity index is 1490. The molecule has 3 nitrogen and oxygen atoms in total. The molecule has 2 N–H and O–H groups in total. The Labute approximate surface area is 241 Å². The van der Waals surface area contributed by atoms with Gasteiger partial charge in [0.25, 0.3) is 5.91 Å². The molecule has 0 aromatic heterocycles. The van der Waals surface area contributed by atoms with Crippen LogP contribution in [0.5, 0.6) is 5.75 Å². The molecule has 0 bridgehead atoms. The third-order valence-electron chi connectivity index (χ3n) is 7.43. The molecule has 0 aliphatic carbocycles. The first-order valence-electron chi connectivity index (χ1n) is 13.6. The van der Waals surface area contributed by atoms with E-state index in [0.717, 1.165) is 47.1 Å². The molecule has 0 saturated heterocycles. The first-order chi connectivity index (χ1) is 19.6. The van der Waals surface area contributed by atoms with Gasteiger partial charge in [0, 0.05) is 0 Å². The average Bonchev–Trinajstić information content (AvgIpc) is 3.00. The predicted octanol–water partition coefficient (Wildman–Crippen LogP) is 9.02. The van der Waals surface area contributed by atoms with Gasteiger partial charge in [-0.25, -0.2) is 0 Å². The van der Waals surface area contributed by atoms with E-state index in [0.29, 0.717) is 10.7 Å². The van der Waals surface area contributed by atoms with E-state index in [1.54, 1.807) is 12.1 Å². The van der Waals surface area contributed by atoms with Crippen molar-refractivity contribution in [2.24, 2.45) is 0 Å². The lowest BCUT2D eigenvalue weighted by Crippen LogP contribution is -2.31. The van der Waals surface area contributed by atoms with Crippen LogP contribution < -0.4 is 5.32 Å². The molecule has 0 saturated carbocycles. The van der Waals surface area contributed by atoms with Crippen LogP contribution in [0.4, 0.5) is 5.69 Å². The molecule has 5 aromatic rings. The van der Waals surface area contributed by atoms with Crippen LogP contribution >= 0.6 is 11.6 Å². The molecule has 0 fully saturated rings. The fourth-order valence-electron chi connectivity index (χ4n) is 5.45. The lowest BCUT2D eigenvalue weighted by molar-refractivity contribution is 0.102. The average molecular weight is 546 g/mol. The SMILES string of the molecule is CCCCc1cccc(C(=O)Nc2ccc(C(c3ccccc3)(c3ccccc3)c3ccccc3)cc2Cl)c1O. The molecule has 1 amide bonds. The van der Waals surface area contributed by atoms with Crippen LogP contribution in [0, 0.1) is 0 Å². The maximum atomic E-state index is 13.2. The van der Waals surface area contributed by atoms with E-state index in [2.05, 4.69) is 48.6 Å². The number of benzene rings is 5. The molecular weight excluding hydrogens is 514 g/mol. The van der Waals surface area contributed by atoms with Crippen LogP contribution in [0.3, 0.4) is 0 Å². The lowest BCUT2D eigenvalue weighted by atomic mass is 9.65. The van der Waals surface area contributed by atoms with Crippen molar-refractivity contribution >= 4 is 23.2 Å². The summed E-state index contributed by atoms with van der Waals surface area (Å²) < 4.78 is 0. The summed E-state index contributed by atoms with van der Waals surface area (Å²) >= 11 is 6.89. The standard InChI is InChI=1S/C36H32ClNO2/c1-2-3-14-26-15-13-22-31(34(26)39)35(40)38-33-24-23-30(25-32(33)37)36(27-16-7-4-8-17-27,28-18-9-5-10-19-28)29-20-11-6-12-21-29/h4-13,15-25,39H,2-3,14H2,1H3,(H,38,40). The number of amides is 1. The Morgan fingerprint density at radius 3 is 1.77 bits per heavy atom. The zero-order valence-electron chi connectivity index (χ0n) is 22.5. The number of anilines is 1. The highest BCUT2D eigenvalue weighted by atomic mass is 35.5. The van der Waals surface area contributed by atoms with Crippen LogP contribution in [0.2, 0.25) is 5.02 Å². The Hall–Kier alpha value is -4.34. The molecule has 0 aliphatic heterocycles. The Kier molecular flexibility index (Phi) is 8.33. The van der Waals surface area contributed by atoms with Gasteiger partial charge in [-0.15, -0.1) is 0 Å². The van der Waals surface area contributed by atoms with Gasteiger partial charge in [-0.2, -0.15) is 0 Å². The topological polar surface area (TPSA) is 49.3 Å². The molecule has 0 unspecified atom stereocenters. The van der Waals surface area contributed by atoms with Crippen LogP contribution in [-0.4, -0.2) is 11.0 Å². The number of unbranched alkanes of at least 4 members (excludes halogenated alkanes) is 1. The maximum Gasteiger partial charge on any atom is 0.259 e.